The molecule has 0 aliphatic heterocycles. The number of sulfonamides is 1. The summed E-state index contributed by atoms with van der Waals surface area (Å²) < 4.78 is 31.2. The zero-order valence-corrected chi connectivity index (χ0v) is 20.1. The molecule has 0 fully saturated rings. The van der Waals surface area contributed by atoms with E-state index in [0.717, 1.165) is 16.1 Å². The molecule has 2 amide bonds. The number of amides is 2. The minimum absolute atomic E-state index is 0.0993. The molecule has 2 aromatic rings. The second-order valence-corrected chi connectivity index (χ2v) is 9.45. The van der Waals surface area contributed by atoms with Gasteiger partial charge in [0.1, 0.15) is 18.3 Å². The van der Waals surface area contributed by atoms with Crippen molar-refractivity contribution in [3.05, 3.63) is 59.1 Å². The summed E-state index contributed by atoms with van der Waals surface area (Å²) in [4.78, 5) is 27.3. The minimum atomic E-state index is -3.83. The molecule has 0 bridgehead atoms. The number of likely N-dealkylation sites (N-methyl/N-ethyl adjacent to an activating group) is 1. The number of rotatable bonds is 10. The third kappa shape index (κ3) is 6.37. The number of hydrogen-bond acceptors (Lipinski definition) is 5. The molecule has 10 heteroatoms. The van der Waals surface area contributed by atoms with Crippen molar-refractivity contribution in [1.82, 2.24) is 10.2 Å². The van der Waals surface area contributed by atoms with Gasteiger partial charge in [-0.15, -0.1) is 0 Å². The highest BCUT2D eigenvalue weighted by Gasteiger charge is 2.31. The first-order valence-corrected chi connectivity index (χ1v) is 12.2. The summed E-state index contributed by atoms with van der Waals surface area (Å²) in [6, 6.07) is 12.7. The highest BCUT2D eigenvalue weighted by Crippen LogP contribution is 2.27. The fourth-order valence-electron chi connectivity index (χ4n) is 3.30. The number of para-hydroxylation sites is 1. The van der Waals surface area contributed by atoms with E-state index in [1.54, 1.807) is 43.3 Å². The van der Waals surface area contributed by atoms with Crippen molar-refractivity contribution in [3.8, 4) is 5.75 Å². The van der Waals surface area contributed by atoms with Crippen LogP contribution in [0.1, 0.15) is 18.9 Å². The first-order valence-electron chi connectivity index (χ1n) is 9.98. The van der Waals surface area contributed by atoms with E-state index in [4.69, 9.17) is 16.3 Å². The second-order valence-electron chi connectivity index (χ2n) is 7.13. The topological polar surface area (TPSA) is 96.0 Å². The van der Waals surface area contributed by atoms with Gasteiger partial charge in [-0.1, -0.05) is 42.8 Å². The van der Waals surface area contributed by atoms with Crippen molar-refractivity contribution >= 4 is 39.1 Å². The van der Waals surface area contributed by atoms with E-state index in [0.29, 0.717) is 12.2 Å². The summed E-state index contributed by atoms with van der Waals surface area (Å²) in [6.07, 6.45) is 1.35. The van der Waals surface area contributed by atoms with Gasteiger partial charge in [0, 0.05) is 13.6 Å². The van der Waals surface area contributed by atoms with E-state index in [2.05, 4.69) is 5.32 Å². The Morgan fingerprint density at radius 1 is 1.16 bits per heavy atom. The van der Waals surface area contributed by atoms with Crippen LogP contribution in [0.5, 0.6) is 5.75 Å². The molecule has 174 valence electrons. The molecule has 0 aliphatic carbocycles. The lowest BCUT2D eigenvalue weighted by Gasteiger charge is -2.32. The molecule has 32 heavy (non-hydrogen) atoms. The average molecular weight is 482 g/mol. The molecule has 2 aromatic carbocycles. The SMILES string of the molecule is CC[C@@H](C(=O)NC)N(Cc1cccc(OC)c1)C(=O)CN(c1ccccc1Cl)S(C)(=O)=O. The Bertz CT molecular complexity index is 1060. The lowest BCUT2D eigenvalue weighted by atomic mass is 10.1. The summed E-state index contributed by atoms with van der Waals surface area (Å²) in [6.45, 7) is 1.39. The first-order chi connectivity index (χ1) is 15.1. The molecule has 0 saturated heterocycles. The predicted molar refractivity (Wildman–Crippen MR) is 125 cm³/mol. The zero-order valence-electron chi connectivity index (χ0n) is 18.5. The Labute approximate surface area is 194 Å². The first kappa shape index (κ1) is 25.5. The van der Waals surface area contributed by atoms with Crippen molar-refractivity contribution in [2.45, 2.75) is 25.9 Å². The molecule has 2 rings (SSSR count). The van der Waals surface area contributed by atoms with E-state index >= 15 is 0 Å². The maximum Gasteiger partial charge on any atom is 0.244 e. The van der Waals surface area contributed by atoms with Gasteiger partial charge in [0.05, 0.1) is 24.1 Å². The molecule has 0 saturated carbocycles. The standard InChI is InChI=1S/C22H28ClN3O5S/c1-5-19(22(28)24-2)25(14-16-9-8-10-17(13-16)31-3)21(27)15-26(32(4,29)30)20-12-7-6-11-18(20)23/h6-13,19H,5,14-15H2,1-4H3,(H,24,28)/t19-/m0/s1. The molecule has 1 atom stereocenters. The van der Waals surface area contributed by atoms with Gasteiger partial charge in [-0.25, -0.2) is 8.42 Å². The third-order valence-corrected chi connectivity index (χ3v) is 6.37. The summed E-state index contributed by atoms with van der Waals surface area (Å²) >= 11 is 6.20. The Morgan fingerprint density at radius 2 is 1.84 bits per heavy atom. The number of carbonyl (C=O) groups excluding carboxylic acids is 2. The molecule has 0 heterocycles. The second kappa shape index (κ2) is 11.2. The fraction of sp³-hybridized carbons (Fsp3) is 0.364. The van der Waals surface area contributed by atoms with Crippen molar-refractivity contribution in [2.24, 2.45) is 0 Å². The van der Waals surface area contributed by atoms with Gasteiger partial charge in [-0.05, 0) is 36.2 Å². The Balaban J connectivity index is 2.45. The summed E-state index contributed by atoms with van der Waals surface area (Å²) in [5.74, 6) is -0.266. The maximum absolute atomic E-state index is 13.4. The van der Waals surface area contributed by atoms with Gasteiger partial charge in [-0.2, -0.15) is 0 Å². The van der Waals surface area contributed by atoms with Crippen LogP contribution in [-0.4, -0.2) is 58.1 Å². The zero-order chi connectivity index (χ0) is 23.9. The lowest BCUT2D eigenvalue weighted by Crippen LogP contribution is -2.51. The smallest absolute Gasteiger partial charge is 0.244 e. The van der Waals surface area contributed by atoms with Gasteiger partial charge in [-0.3, -0.25) is 13.9 Å². The number of ether oxygens (including phenoxy) is 1. The van der Waals surface area contributed by atoms with E-state index < -0.39 is 28.5 Å². The van der Waals surface area contributed by atoms with Crippen LogP contribution in [0, 0.1) is 0 Å². The van der Waals surface area contributed by atoms with Crippen molar-refractivity contribution in [1.29, 1.82) is 0 Å². The van der Waals surface area contributed by atoms with Crippen LogP contribution in [0.4, 0.5) is 5.69 Å². The predicted octanol–water partition coefficient (Wildman–Crippen LogP) is 2.67. The highest BCUT2D eigenvalue weighted by molar-refractivity contribution is 7.92. The van der Waals surface area contributed by atoms with Crippen LogP contribution in [0.2, 0.25) is 5.02 Å². The fourth-order valence-corrected chi connectivity index (χ4v) is 4.45. The number of hydrogen-bond donors (Lipinski definition) is 1. The van der Waals surface area contributed by atoms with E-state index in [9.17, 15) is 18.0 Å². The van der Waals surface area contributed by atoms with Crippen LogP contribution in [0.25, 0.3) is 0 Å². The third-order valence-electron chi connectivity index (χ3n) is 4.92. The Hall–Kier alpha value is -2.78. The van der Waals surface area contributed by atoms with Crippen molar-refractivity contribution in [3.63, 3.8) is 0 Å². The van der Waals surface area contributed by atoms with Gasteiger partial charge in [0.15, 0.2) is 0 Å². The van der Waals surface area contributed by atoms with E-state index in [-0.39, 0.29) is 23.2 Å². The maximum atomic E-state index is 13.4. The van der Waals surface area contributed by atoms with Crippen LogP contribution >= 0.6 is 11.6 Å². The van der Waals surface area contributed by atoms with Gasteiger partial charge in [0.2, 0.25) is 21.8 Å². The number of methoxy groups -OCH3 is 1. The molecule has 0 aromatic heterocycles. The molecule has 0 radical (unpaired) electrons. The minimum Gasteiger partial charge on any atom is -0.497 e. The average Bonchev–Trinajstić information content (AvgIpc) is 2.76. The number of halogens is 1. The van der Waals surface area contributed by atoms with Gasteiger partial charge >= 0.3 is 0 Å². The van der Waals surface area contributed by atoms with Crippen LogP contribution in [-0.2, 0) is 26.2 Å². The lowest BCUT2D eigenvalue weighted by molar-refractivity contribution is -0.140. The number of nitrogens with zero attached hydrogens (tertiary/aromatic N) is 2. The van der Waals surface area contributed by atoms with Gasteiger partial charge < -0.3 is 15.0 Å². The molecular weight excluding hydrogens is 454 g/mol. The highest BCUT2D eigenvalue weighted by atomic mass is 35.5. The molecule has 8 nitrogen and oxygen atoms in total. The molecule has 0 aliphatic rings. The van der Waals surface area contributed by atoms with Gasteiger partial charge in [0.25, 0.3) is 0 Å². The van der Waals surface area contributed by atoms with Crippen LogP contribution in [0.15, 0.2) is 48.5 Å². The Kier molecular flexibility index (Phi) is 8.91. The quantitative estimate of drug-likeness (QED) is 0.562. The van der Waals surface area contributed by atoms with Crippen molar-refractivity contribution in [2.75, 3.05) is 31.3 Å². The van der Waals surface area contributed by atoms with E-state index in [1.807, 2.05) is 6.07 Å². The Morgan fingerprint density at radius 3 is 2.41 bits per heavy atom. The molecule has 0 unspecified atom stereocenters. The van der Waals surface area contributed by atoms with E-state index in [1.165, 1.54) is 25.1 Å². The number of nitrogens with one attached hydrogen (secondary N) is 1. The largest absolute Gasteiger partial charge is 0.497 e. The molecule has 0 spiro atoms. The van der Waals surface area contributed by atoms with Crippen LogP contribution in [0.3, 0.4) is 0 Å². The normalized spacial score (nSPS) is 12.0. The molecular formula is C22H28ClN3O5S. The summed E-state index contributed by atoms with van der Waals surface area (Å²) in [5, 5.41) is 2.77. The number of anilines is 1. The number of benzene rings is 2. The van der Waals surface area contributed by atoms with Crippen molar-refractivity contribution < 1.29 is 22.7 Å². The summed E-state index contributed by atoms with van der Waals surface area (Å²) in [7, 11) is -0.801. The number of carbonyl (C=O) groups is 2. The summed E-state index contributed by atoms with van der Waals surface area (Å²) in [5.41, 5.74) is 0.933. The molecule has 1 N–H and O–H groups in total. The van der Waals surface area contributed by atoms with Crippen LogP contribution < -0.4 is 14.4 Å². The monoisotopic (exact) mass is 481 g/mol.